The number of carbonyl (C=O) groups is 1. The Bertz CT molecular complexity index is 720. The van der Waals surface area contributed by atoms with Gasteiger partial charge in [0, 0.05) is 18.0 Å². The second-order valence-electron chi connectivity index (χ2n) is 6.54. The van der Waals surface area contributed by atoms with Crippen molar-refractivity contribution in [2.45, 2.75) is 38.8 Å². The van der Waals surface area contributed by atoms with Gasteiger partial charge in [0.25, 0.3) is 0 Å². The number of benzene rings is 2. The van der Waals surface area contributed by atoms with Gasteiger partial charge in [-0.05, 0) is 49.6 Å². The van der Waals surface area contributed by atoms with Gasteiger partial charge in [-0.1, -0.05) is 30.3 Å². The summed E-state index contributed by atoms with van der Waals surface area (Å²) in [6, 6.07) is 13.9. The Kier molecular flexibility index (Phi) is 3.53. The molecule has 114 valence electrons. The standard InChI is InChI=1S/C19H21NO2/c1-12(21)15-9-14-11-20-19(2,3)18(16(14)10-17(15)22)13-7-5-4-6-8-13/h4-10,18,20,22H,11H2,1-3H3. The van der Waals surface area contributed by atoms with E-state index in [-0.39, 0.29) is 23.0 Å². The molecule has 2 aromatic rings. The minimum absolute atomic E-state index is 0.0740. The van der Waals surface area contributed by atoms with Crippen molar-refractivity contribution in [2.75, 3.05) is 0 Å². The predicted octanol–water partition coefficient (Wildman–Crippen LogP) is 3.61. The summed E-state index contributed by atoms with van der Waals surface area (Å²) >= 11 is 0. The van der Waals surface area contributed by atoms with E-state index in [4.69, 9.17) is 0 Å². The fourth-order valence-electron chi connectivity index (χ4n) is 3.41. The molecule has 2 aromatic carbocycles. The molecule has 3 heteroatoms. The van der Waals surface area contributed by atoms with Gasteiger partial charge in [-0.25, -0.2) is 0 Å². The van der Waals surface area contributed by atoms with Crippen LogP contribution >= 0.6 is 0 Å². The van der Waals surface area contributed by atoms with Gasteiger partial charge >= 0.3 is 0 Å². The highest BCUT2D eigenvalue weighted by atomic mass is 16.3. The molecule has 3 nitrogen and oxygen atoms in total. The van der Waals surface area contributed by atoms with E-state index in [9.17, 15) is 9.90 Å². The second-order valence-corrected chi connectivity index (χ2v) is 6.54. The fraction of sp³-hybridized carbons (Fsp3) is 0.316. The van der Waals surface area contributed by atoms with Crippen molar-refractivity contribution in [2.24, 2.45) is 0 Å². The van der Waals surface area contributed by atoms with Crippen molar-refractivity contribution in [1.82, 2.24) is 5.32 Å². The molecular weight excluding hydrogens is 274 g/mol. The van der Waals surface area contributed by atoms with Gasteiger partial charge in [-0.3, -0.25) is 4.79 Å². The summed E-state index contributed by atoms with van der Waals surface area (Å²) in [5, 5.41) is 13.8. The molecule has 1 aliphatic heterocycles. The first-order chi connectivity index (χ1) is 10.4. The van der Waals surface area contributed by atoms with Crippen LogP contribution in [0.4, 0.5) is 0 Å². The molecule has 1 aliphatic rings. The van der Waals surface area contributed by atoms with Gasteiger partial charge in [0.1, 0.15) is 5.75 Å². The molecule has 0 saturated heterocycles. The van der Waals surface area contributed by atoms with Gasteiger partial charge in [0.2, 0.25) is 0 Å². The summed E-state index contributed by atoms with van der Waals surface area (Å²) < 4.78 is 0. The number of phenols is 1. The Morgan fingerprint density at radius 3 is 2.55 bits per heavy atom. The van der Waals surface area contributed by atoms with Crippen LogP contribution in [-0.2, 0) is 6.54 Å². The van der Waals surface area contributed by atoms with Crippen molar-refractivity contribution >= 4 is 5.78 Å². The van der Waals surface area contributed by atoms with E-state index in [1.165, 1.54) is 12.5 Å². The zero-order valence-corrected chi connectivity index (χ0v) is 13.2. The molecular formula is C19H21NO2. The third-order valence-electron chi connectivity index (χ3n) is 4.54. The maximum Gasteiger partial charge on any atom is 0.163 e. The molecule has 0 fully saturated rings. The molecule has 0 spiro atoms. The van der Waals surface area contributed by atoms with E-state index >= 15 is 0 Å². The average molecular weight is 295 g/mol. The number of hydrogen-bond acceptors (Lipinski definition) is 3. The van der Waals surface area contributed by atoms with Crippen LogP contribution in [0.5, 0.6) is 5.75 Å². The molecule has 2 N–H and O–H groups in total. The number of carbonyl (C=O) groups excluding carboxylic acids is 1. The lowest BCUT2D eigenvalue weighted by atomic mass is 9.72. The monoisotopic (exact) mass is 295 g/mol. The van der Waals surface area contributed by atoms with Crippen molar-refractivity contribution in [1.29, 1.82) is 0 Å². The lowest BCUT2D eigenvalue weighted by Crippen LogP contribution is -2.48. The minimum Gasteiger partial charge on any atom is -0.507 e. The summed E-state index contributed by atoms with van der Waals surface area (Å²) in [5.74, 6) is 0.0932. The number of fused-ring (bicyclic) bond motifs is 1. The van der Waals surface area contributed by atoms with Crippen molar-refractivity contribution in [3.05, 3.63) is 64.7 Å². The van der Waals surface area contributed by atoms with E-state index in [0.29, 0.717) is 12.1 Å². The van der Waals surface area contributed by atoms with Crippen LogP contribution in [0.1, 0.15) is 53.7 Å². The van der Waals surface area contributed by atoms with Gasteiger partial charge in [0.05, 0.1) is 5.56 Å². The molecule has 0 amide bonds. The topological polar surface area (TPSA) is 49.3 Å². The van der Waals surface area contributed by atoms with Gasteiger partial charge in [0.15, 0.2) is 5.78 Å². The molecule has 0 saturated carbocycles. The molecule has 22 heavy (non-hydrogen) atoms. The Morgan fingerprint density at radius 2 is 1.91 bits per heavy atom. The minimum atomic E-state index is -0.126. The van der Waals surface area contributed by atoms with Crippen LogP contribution in [0, 0.1) is 0 Å². The molecule has 1 atom stereocenters. The molecule has 1 unspecified atom stereocenters. The molecule has 0 bridgehead atoms. The largest absolute Gasteiger partial charge is 0.507 e. The van der Waals surface area contributed by atoms with Crippen LogP contribution in [0.15, 0.2) is 42.5 Å². The number of ketones is 1. The van der Waals surface area contributed by atoms with Crippen molar-refractivity contribution in [3.8, 4) is 5.75 Å². The summed E-state index contributed by atoms with van der Waals surface area (Å²) in [6.07, 6.45) is 0. The summed E-state index contributed by atoms with van der Waals surface area (Å²) in [4.78, 5) is 11.7. The molecule has 0 radical (unpaired) electrons. The Hall–Kier alpha value is -2.13. The number of nitrogens with one attached hydrogen (secondary N) is 1. The van der Waals surface area contributed by atoms with Crippen molar-refractivity contribution in [3.63, 3.8) is 0 Å². The molecule has 1 heterocycles. The zero-order chi connectivity index (χ0) is 15.9. The normalized spacial score (nSPS) is 19.5. The summed E-state index contributed by atoms with van der Waals surface area (Å²) in [7, 11) is 0. The lowest BCUT2D eigenvalue weighted by Gasteiger charge is -2.41. The van der Waals surface area contributed by atoms with E-state index in [2.05, 4.69) is 31.3 Å². The van der Waals surface area contributed by atoms with Crippen LogP contribution in [0.2, 0.25) is 0 Å². The van der Waals surface area contributed by atoms with Crippen molar-refractivity contribution < 1.29 is 9.90 Å². The summed E-state index contributed by atoms with van der Waals surface area (Å²) in [6.45, 7) is 6.52. The van der Waals surface area contributed by atoms with Crippen LogP contribution in [0.3, 0.4) is 0 Å². The first-order valence-electron chi connectivity index (χ1n) is 7.57. The Morgan fingerprint density at radius 1 is 1.23 bits per heavy atom. The molecule has 0 aromatic heterocycles. The number of hydrogen-bond donors (Lipinski definition) is 2. The SMILES string of the molecule is CC(=O)c1cc2c(cc1O)C(c1ccccc1)C(C)(C)NC2. The van der Waals surface area contributed by atoms with Crippen LogP contribution < -0.4 is 5.32 Å². The van der Waals surface area contributed by atoms with E-state index in [1.807, 2.05) is 24.3 Å². The van der Waals surface area contributed by atoms with Gasteiger partial charge in [-0.15, -0.1) is 0 Å². The third kappa shape index (κ3) is 2.42. The van der Waals surface area contributed by atoms with Crippen LogP contribution in [-0.4, -0.2) is 16.4 Å². The van der Waals surface area contributed by atoms with Gasteiger partial charge < -0.3 is 10.4 Å². The first kappa shape index (κ1) is 14.8. The third-order valence-corrected chi connectivity index (χ3v) is 4.54. The Labute approximate surface area is 131 Å². The lowest BCUT2D eigenvalue weighted by molar-refractivity contribution is 0.101. The van der Waals surface area contributed by atoms with Crippen LogP contribution in [0.25, 0.3) is 0 Å². The smallest absolute Gasteiger partial charge is 0.163 e. The quantitative estimate of drug-likeness (QED) is 0.832. The van der Waals surface area contributed by atoms with Gasteiger partial charge in [-0.2, -0.15) is 0 Å². The van der Waals surface area contributed by atoms with E-state index in [0.717, 1.165) is 11.1 Å². The fourth-order valence-corrected chi connectivity index (χ4v) is 3.41. The molecule has 3 rings (SSSR count). The van der Waals surface area contributed by atoms with E-state index < -0.39 is 0 Å². The Balaban J connectivity index is 2.19. The second kappa shape index (κ2) is 5.25. The molecule has 0 aliphatic carbocycles. The maximum absolute atomic E-state index is 11.7. The maximum atomic E-state index is 11.7. The highest BCUT2D eigenvalue weighted by molar-refractivity contribution is 5.97. The highest BCUT2D eigenvalue weighted by Crippen LogP contribution is 2.42. The number of Topliss-reactive ketones (excluding diaryl/α,β-unsaturated/α-hetero) is 1. The first-order valence-corrected chi connectivity index (χ1v) is 7.57. The number of phenolic OH excluding ortho intramolecular Hbond substituents is 1. The summed E-state index contributed by atoms with van der Waals surface area (Å²) in [5.41, 5.74) is 3.65. The number of aromatic hydroxyl groups is 1. The predicted molar refractivity (Wildman–Crippen MR) is 87.3 cm³/mol. The van der Waals surface area contributed by atoms with E-state index in [1.54, 1.807) is 6.07 Å². The zero-order valence-electron chi connectivity index (χ0n) is 13.2. The number of rotatable bonds is 2. The average Bonchev–Trinajstić information content (AvgIpc) is 2.46. The highest BCUT2D eigenvalue weighted by Gasteiger charge is 2.37.